The van der Waals surface area contributed by atoms with E-state index in [2.05, 4.69) is 125 Å². The van der Waals surface area contributed by atoms with Crippen molar-refractivity contribution in [3.05, 3.63) is 0 Å². The van der Waals surface area contributed by atoms with Gasteiger partial charge >= 0.3 is 17.6 Å². The molecule has 0 aromatic heterocycles. The summed E-state index contributed by atoms with van der Waals surface area (Å²) in [7, 11) is -2.35. The summed E-state index contributed by atoms with van der Waals surface area (Å²) < 4.78 is 39.7. The zero-order valence-corrected chi connectivity index (χ0v) is 31.7. The minimum Gasteiger partial charge on any atom is -0.368 e. The summed E-state index contributed by atoms with van der Waals surface area (Å²) in [5.74, 6) is 1.71. The Kier molecular flexibility index (Phi) is 14.2. The first-order chi connectivity index (χ1) is 16.4. The second kappa shape index (κ2) is 13.9. The highest BCUT2D eigenvalue weighted by molar-refractivity contribution is 8.76. The highest BCUT2D eigenvalue weighted by Crippen LogP contribution is 2.37. The number of hydrogen-bond acceptors (Lipinski definition) is 8. The molecule has 0 heterocycles. The Labute approximate surface area is 246 Å². The zero-order chi connectivity index (χ0) is 30.5. The number of hydrogen-bond donors (Lipinski definition) is 0. The second-order valence-corrected chi connectivity index (χ2v) is 23.5. The Balaban J connectivity index is 5.60. The smallest absolute Gasteiger partial charge is 0.368 e. The molecule has 0 rings (SSSR count). The van der Waals surface area contributed by atoms with Gasteiger partial charge in [-0.2, -0.15) is 0 Å². The molecular weight excluding hydrogens is 553 g/mol. The molecule has 6 nitrogen and oxygen atoms in total. The third kappa shape index (κ3) is 20.7. The van der Waals surface area contributed by atoms with Crippen LogP contribution in [0.5, 0.6) is 0 Å². The molecule has 0 fully saturated rings. The Bertz CT molecular complexity index is 551. The molecule has 0 saturated carbocycles. The van der Waals surface area contributed by atoms with Crippen LogP contribution in [0.2, 0.25) is 12.1 Å². The van der Waals surface area contributed by atoms with E-state index in [9.17, 15) is 0 Å². The lowest BCUT2D eigenvalue weighted by Crippen LogP contribution is -2.57. The average molecular weight is 615 g/mol. The quantitative estimate of drug-likeness (QED) is 0.116. The van der Waals surface area contributed by atoms with Gasteiger partial charge in [0.1, 0.15) is 0 Å². The highest BCUT2D eigenvalue weighted by Gasteiger charge is 2.51. The van der Waals surface area contributed by atoms with E-state index in [1.807, 2.05) is 21.6 Å². The van der Waals surface area contributed by atoms with Gasteiger partial charge in [0.2, 0.25) is 0 Å². The molecule has 0 saturated heterocycles. The summed E-state index contributed by atoms with van der Waals surface area (Å²) in [5.41, 5.74) is -2.22. The normalized spacial score (nSPS) is 15.3. The van der Waals surface area contributed by atoms with Gasteiger partial charge in [-0.25, -0.2) is 0 Å². The molecule has 0 aliphatic carbocycles. The maximum atomic E-state index is 6.62. The summed E-state index contributed by atoms with van der Waals surface area (Å²) in [4.78, 5) is 0. The molecule has 0 aliphatic rings. The van der Waals surface area contributed by atoms with Gasteiger partial charge in [-0.3, -0.25) is 0 Å². The fourth-order valence-corrected chi connectivity index (χ4v) is 15.3. The molecule has 10 heteroatoms. The predicted molar refractivity (Wildman–Crippen MR) is 171 cm³/mol. The monoisotopic (exact) mass is 614 g/mol. The molecule has 230 valence electrons. The van der Waals surface area contributed by atoms with Crippen LogP contribution in [0.4, 0.5) is 0 Å². The summed E-state index contributed by atoms with van der Waals surface area (Å²) in [6, 6.07) is 1.46. The molecule has 0 spiro atoms. The van der Waals surface area contributed by atoms with Gasteiger partial charge in [0.05, 0.1) is 33.6 Å². The van der Waals surface area contributed by atoms with E-state index in [4.69, 9.17) is 26.6 Å². The summed E-state index contributed by atoms with van der Waals surface area (Å²) in [5, 5.41) is 0. The molecule has 0 radical (unpaired) electrons. The van der Waals surface area contributed by atoms with Crippen LogP contribution in [0.3, 0.4) is 0 Å². The lowest BCUT2D eigenvalue weighted by Gasteiger charge is -2.43. The summed E-state index contributed by atoms with van der Waals surface area (Å²) >= 11 is 0. The van der Waals surface area contributed by atoms with Crippen molar-refractivity contribution in [2.24, 2.45) is 0 Å². The maximum absolute atomic E-state index is 6.62. The van der Waals surface area contributed by atoms with Gasteiger partial charge in [-0.05, 0) is 125 Å². The van der Waals surface area contributed by atoms with Crippen molar-refractivity contribution in [2.75, 3.05) is 11.5 Å². The van der Waals surface area contributed by atoms with Crippen LogP contribution in [0.15, 0.2) is 0 Å². The topological polar surface area (TPSA) is 55.4 Å². The third-order valence-corrected chi connectivity index (χ3v) is 14.2. The lowest BCUT2D eigenvalue weighted by atomic mass is 10.2. The fourth-order valence-electron chi connectivity index (χ4n) is 3.68. The van der Waals surface area contributed by atoms with Gasteiger partial charge in [-0.1, -0.05) is 21.6 Å². The van der Waals surface area contributed by atoms with Gasteiger partial charge < -0.3 is 26.6 Å². The molecule has 0 unspecified atom stereocenters. The van der Waals surface area contributed by atoms with Crippen LogP contribution in [0, 0.1) is 0 Å². The van der Waals surface area contributed by atoms with Crippen molar-refractivity contribution >= 4 is 39.2 Å². The van der Waals surface area contributed by atoms with Crippen molar-refractivity contribution < 1.29 is 26.6 Å². The highest BCUT2D eigenvalue weighted by atomic mass is 33.1. The third-order valence-electron chi connectivity index (χ3n) is 3.84. The van der Waals surface area contributed by atoms with E-state index in [0.29, 0.717) is 0 Å². The van der Waals surface area contributed by atoms with E-state index in [1.54, 1.807) is 0 Å². The molecular formula is C28H62O6S2Si2. The van der Waals surface area contributed by atoms with Crippen LogP contribution in [-0.2, 0) is 26.6 Å². The SMILES string of the molecule is CC(C)(C)O[Si](CCSSCC[Si](OC(C)(C)C)(OC(C)(C)C)OC(C)(C)C)(OC(C)(C)C)OC(C)(C)C. The van der Waals surface area contributed by atoms with Crippen LogP contribution in [0.1, 0.15) is 125 Å². The van der Waals surface area contributed by atoms with Crippen LogP contribution in [-0.4, -0.2) is 62.7 Å². The largest absolute Gasteiger partial charge is 0.503 e. The Morgan fingerprint density at radius 3 is 0.632 bits per heavy atom. The van der Waals surface area contributed by atoms with Gasteiger partial charge in [0.15, 0.2) is 0 Å². The Morgan fingerprint density at radius 1 is 0.342 bits per heavy atom. The molecule has 0 aliphatic heterocycles. The van der Waals surface area contributed by atoms with E-state index < -0.39 is 17.6 Å². The Morgan fingerprint density at radius 2 is 0.500 bits per heavy atom. The van der Waals surface area contributed by atoms with Crippen molar-refractivity contribution in [1.82, 2.24) is 0 Å². The standard InChI is InChI=1S/C28H62O6S2Si2/c1-23(2,3)29-37(30-24(4,5)6,31-25(7,8)9)21-19-35-36-20-22-38(32-26(10,11)12,33-27(13,14)15)34-28(16,17)18/h19-22H2,1-18H3. The minimum absolute atomic E-state index is 0.370. The summed E-state index contributed by atoms with van der Waals surface area (Å²) in [6.07, 6.45) is 0. The van der Waals surface area contributed by atoms with Crippen LogP contribution in [0.25, 0.3) is 0 Å². The lowest BCUT2D eigenvalue weighted by molar-refractivity contribution is -0.0760. The fraction of sp³-hybridized carbons (Fsp3) is 1.00. The van der Waals surface area contributed by atoms with Crippen molar-refractivity contribution in [1.29, 1.82) is 0 Å². The molecule has 0 N–H and O–H groups in total. The number of rotatable bonds is 13. The van der Waals surface area contributed by atoms with Gasteiger partial charge in [0.25, 0.3) is 0 Å². The molecule has 0 aromatic rings. The molecule has 0 atom stereocenters. The van der Waals surface area contributed by atoms with Gasteiger partial charge in [0, 0.05) is 23.6 Å². The molecule has 38 heavy (non-hydrogen) atoms. The van der Waals surface area contributed by atoms with Crippen molar-refractivity contribution in [2.45, 2.75) is 170 Å². The first kappa shape index (κ1) is 38.9. The van der Waals surface area contributed by atoms with E-state index in [-0.39, 0.29) is 33.6 Å². The van der Waals surface area contributed by atoms with Crippen LogP contribution < -0.4 is 0 Å². The average Bonchev–Trinajstić information content (AvgIpc) is 2.47. The maximum Gasteiger partial charge on any atom is 0.503 e. The van der Waals surface area contributed by atoms with E-state index in [1.165, 1.54) is 0 Å². The molecule has 0 aromatic carbocycles. The van der Waals surface area contributed by atoms with E-state index in [0.717, 1.165) is 23.6 Å². The predicted octanol–water partition coefficient (Wildman–Crippen LogP) is 9.14. The van der Waals surface area contributed by atoms with E-state index >= 15 is 0 Å². The summed E-state index contributed by atoms with van der Waals surface area (Å²) in [6.45, 7) is 37.2. The van der Waals surface area contributed by atoms with Crippen molar-refractivity contribution in [3.63, 3.8) is 0 Å². The first-order valence-corrected chi connectivity index (χ1v) is 20.3. The zero-order valence-electron chi connectivity index (χ0n) is 28.1. The minimum atomic E-state index is -2.99. The molecule has 0 bridgehead atoms. The van der Waals surface area contributed by atoms with Gasteiger partial charge in [-0.15, -0.1) is 0 Å². The Hall–Kier alpha value is 0.894. The van der Waals surface area contributed by atoms with Crippen LogP contribution >= 0.6 is 21.6 Å². The second-order valence-electron chi connectivity index (χ2n) is 15.8. The molecule has 0 amide bonds. The van der Waals surface area contributed by atoms with Crippen molar-refractivity contribution in [3.8, 4) is 0 Å². The first-order valence-electron chi connectivity index (χ1n) is 13.9.